The van der Waals surface area contributed by atoms with E-state index in [2.05, 4.69) is 41.8 Å². The van der Waals surface area contributed by atoms with Crippen molar-refractivity contribution >= 4 is 11.6 Å². The van der Waals surface area contributed by atoms with Gasteiger partial charge in [0.1, 0.15) is 0 Å². The molecule has 0 bridgehead atoms. The molecule has 1 amide bonds. The maximum atomic E-state index is 13.1. The van der Waals surface area contributed by atoms with Crippen molar-refractivity contribution in [2.45, 2.75) is 39.7 Å². The quantitative estimate of drug-likeness (QED) is 0.632. The Morgan fingerprint density at radius 1 is 1.00 bits per heavy atom. The van der Waals surface area contributed by atoms with Gasteiger partial charge in [0, 0.05) is 57.1 Å². The van der Waals surface area contributed by atoms with Crippen LogP contribution in [0, 0.1) is 11.3 Å². The van der Waals surface area contributed by atoms with E-state index < -0.39 is 0 Å². The number of carbonyl (C=O) groups is 1. The van der Waals surface area contributed by atoms with Crippen molar-refractivity contribution in [3.05, 3.63) is 65.2 Å². The van der Waals surface area contributed by atoms with Crippen LogP contribution >= 0.6 is 0 Å². The third kappa shape index (κ3) is 6.32. The Labute approximate surface area is 186 Å². The van der Waals surface area contributed by atoms with Gasteiger partial charge < -0.3 is 9.80 Å². The number of carbonyl (C=O) groups excluding carboxylic acids is 1. The third-order valence-corrected chi connectivity index (χ3v) is 6.01. The molecule has 1 heterocycles. The second kappa shape index (κ2) is 11.5. The van der Waals surface area contributed by atoms with E-state index >= 15 is 0 Å². The molecule has 164 valence electrons. The molecule has 2 aromatic carbocycles. The van der Waals surface area contributed by atoms with Crippen LogP contribution in [0.2, 0.25) is 0 Å². The van der Waals surface area contributed by atoms with E-state index in [1.54, 1.807) is 0 Å². The summed E-state index contributed by atoms with van der Waals surface area (Å²) in [6.07, 6.45) is 3.34. The van der Waals surface area contributed by atoms with Crippen LogP contribution in [0.5, 0.6) is 0 Å². The molecule has 5 nitrogen and oxygen atoms in total. The van der Waals surface area contributed by atoms with Gasteiger partial charge in [-0.15, -0.1) is 0 Å². The zero-order valence-corrected chi connectivity index (χ0v) is 18.9. The van der Waals surface area contributed by atoms with E-state index in [0.717, 1.165) is 57.8 Å². The normalized spacial score (nSPS) is 14.7. The van der Waals surface area contributed by atoms with Crippen LogP contribution in [0.15, 0.2) is 48.5 Å². The molecule has 5 heteroatoms. The number of amides is 1. The lowest BCUT2D eigenvalue weighted by molar-refractivity contribution is 0.0761. The molecule has 0 unspecified atom stereocenters. The molecular formula is C26H34N4O. The maximum Gasteiger partial charge on any atom is 0.253 e. The van der Waals surface area contributed by atoms with Gasteiger partial charge in [0.25, 0.3) is 5.91 Å². The molecule has 31 heavy (non-hydrogen) atoms. The monoisotopic (exact) mass is 418 g/mol. The first-order valence-electron chi connectivity index (χ1n) is 11.5. The molecule has 3 rings (SSSR count). The predicted molar refractivity (Wildman–Crippen MR) is 126 cm³/mol. The highest BCUT2D eigenvalue weighted by Gasteiger charge is 2.20. The Hall–Kier alpha value is -2.84. The molecule has 0 N–H and O–H groups in total. The first kappa shape index (κ1) is 22.8. The first-order chi connectivity index (χ1) is 15.1. The maximum absolute atomic E-state index is 13.1. The average Bonchev–Trinajstić information content (AvgIpc) is 3.05. The number of hydrogen-bond acceptors (Lipinski definition) is 4. The lowest BCUT2D eigenvalue weighted by Crippen LogP contribution is -2.35. The minimum atomic E-state index is 0.128. The van der Waals surface area contributed by atoms with Crippen molar-refractivity contribution in [3.8, 4) is 6.07 Å². The van der Waals surface area contributed by atoms with Gasteiger partial charge in [0.05, 0.1) is 11.6 Å². The SMILES string of the molecule is CCCCN(CC)c1ccc(C(=O)N2CCCN(Cc3ccc(C#N)cc3)CC2)cc1. The number of hydrogen-bond donors (Lipinski definition) is 0. The highest BCUT2D eigenvalue weighted by molar-refractivity contribution is 5.94. The van der Waals surface area contributed by atoms with Crippen LogP contribution < -0.4 is 4.90 Å². The molecule has 0 radical (unpaired) electrons. The Balaban J connectivity index is 1.56. The van der Waals surface area contributed by atoms with Crippen LogP contribution in [-0.2, 0) is 6.54 Å². The lowest BCUT2D eigenvalue weighted by Gasteiger charge is -2.24. The molecule has 1 fully saturated rings. The average molecular weight is 419 g/mol. The number of unbranched alkanes of at least 4 members (excludes halogenated alkanes) is 1. The van der Waals surface area contributed by atoms with Gasteiger partial charge in [-0.1, -0.05) is 25.5 Å². The van der Waals surface area contributed by atoms with E-state index in [1.807, 2.05) is 41.3 Å². The molecular weight excluding hydrogens is 384 g/mol. The Morgan fingerprint density at radius 3 is 2.39 bits per heavy atom. The number of anilines is 1. The number of rotatable bonds is 8. The minimum absolute atomic E-state index is 0.128. The topological polar surface area (TPSA) is 50.6 Å². The number of benzene rings is 2. The second-order valence-corrected chi connectivity index (χ2v) is 8.21. The van der Waals surface area contributed by atoms with Crippen molar-refractivity contribution in [3.63, 3.8) is 0 Å². The molecule has 1 aliphatic rings. The van der Waals surface area contributed by atoms with Crippen molar-refractivity contribution in [2.24, 2.45) is 0 Å². The molecule has 0 saturated carbocycles. The van der Waals surface area contributed by atoms with Crippen molar-refractivity contribution in [1.82, 2.24) is 9.80 Å². The molecule has 0 aromatic heterocycles. The van der Waals surface area contributed by atoms with Gasteiger partial charge >= 0.3 is 0 Å². The van der Waals surface area contributed by atoms with Gasteiger partial charge in [0.2, 0.25) is 0 Å². The second-order valence-electron chi connectivity index (χ2n) is 8.21. The Morgan fingerprint density at radius 2 is 1.74 bits per heavy atom. The van der Waals surface area contributed by atoms with Crippen LogP contribution in [0.3, 0.4) is 0 Å². The van der Waals surface area contributed by atoms with E-state index in [1.165, 1.54) is 24.1 Å². The minimum Gasteiger partial charge on any atom is -0.372 e. The van der Waals surface area contributed by atoms with Crippen molar-refractivity contribution in [1.29, 1.82) is 5.26 Å². The predicted octanol–water partition coefficient (Wildman–Crippen LogP) is 4.53. The number of nitrogens with zero attached hydrogens (tertiary/aromatic N) is 4. The third-order valence-electron chi connectivity index (χ3n) is 6.01. The summed E-state index contributed by atoms with van der Waals surface area (Å²) in [5.74, 6) is 0.128. The Kier molecular flexibility index (Phi) is 8.49. The number of nitriles is 1. The van der Waals surface area contributed by atoms with Crippen LogP contribution in [0.4, 0.5) is 5.69 Å². The molecule has 2 aromatic rings. The van der Waals surface area contributed by atoms with E-state index in [-0.39, 0.29) is 5.91 Å². The Bertz CT molecular complexity index is 870. The fourth-order valence-electron chi connectivity index (χ4n) is 4.09. The van der Waals surface area contributed by atoms with Crippen LogP contribution in [0.1, 0.15) is 54.6 Å². The van der Waals surface area contributed by atoms with Crippen molar-refractivity contribution in [2.75, 3.05) is 44.2 Å². The van der Waals surface area contributed by atoms with Gasteiger partial charge in [-0.25, -0.2) is 0 Å². The summed E-state index contributed by atoms with van der Waals surface area (Å²) in [6, 6.07) is 18.1. The van der Waals surface area contributed by atoms with E-state index in [0.29, 0.717) is 5.56 Å². The molecule has 0 aliphatic carbocycles. The van der Waals surface area contributed by atoms with E-state index in [9.17, 15) is 4.79 Å². The summed E-state index contributed by atoms with van der Waals surface area (Å²) in [6.45, 7) is 10.7. The first-order valence-corrected chi connectivity index (χ1v) is 11.5. The molecule has 0 atom stereocenters. The lowest BCUT2D eigenvalue weighted by atomic mass is 10.1. The van der Waals surface area contributed by atoms with Gasteiger partial charge in [-0.2, -0.15) is 5.26 Å². The summed E-state index contributed by atoms with van der Waals surface area (Å²) < 4.78 is 0. The highest BCUT2D eigenvalue weighted by Crippen LogP contribution is 2.18. The van der Waals surface area contributed by atoms with Crippen LogP contribution in [0.25, 0.3) is 0 Å². The summed E-state index contributed by atoms with van der Waals surface area (Å²) in [5.41, 5.74) is 3.86. The molecule has 1 aliphatic heterocycles. The van der Waals surface area contributed by atoms with Crippen LogP contribution in [-0.4, -0.2) is 55.0 Å². The zero-order chi connectivity index (χ0) is 22.1. The summed E-state index contributed by atoms with van der Waals surface area (Å²) in [7, 11) is 0. The highest BCUT2D eigenvalue weighted by atomic mass is 16.2. The zero-order valence-electron chi connectivity index (χ0n) is 18.9. The van der Waals surface area contributed by atoms with Gasteiger partial charge in [-0.3, -0.25) is 9.69 Å². The fraction of sp³-hybridized carbons (Fsp3) is 0.462. The smallest absolute Gasteiger partial charge is 0.253 e. The van der Waals surface area contributed by atoms with E-state index in [4.69, 9.17) is 5.26 Å². The summed E-state index contributed by atoms with van der Waals surface area (Å²) >= 11 is 0. The standard InChI is InChI=1S/C26H34N4O/c1-3-5-16-29(4-2)25-13-11-24(12-14-25)26(31)30-17-6-15-28(18-19-30)21-23-9-7-22(20-27)8-10-23/h7-14H,3-6,15-19,21H2,1-2H3. The van der Waals surface area contributed by atoms with Gasteiger partial charge in [0.15, 0.2) is 0 Å². The molecule has 0 spiro atoms. The van der Waals surface area contributed by atoms with Gasteiger partial charge in [-0.05, 0) is 61.7 Å². The fourth-order valence-corrected chi connectivity index (χ4v) is 4.09. The summed E-state index contributed by atoms with van der Waals surface area (Å²) in [4.78, 5) is 19.8. The van der Waals surface area contributed by atoms with Crippen molar-refractivity contribution < 1.29 is 4.79 Å². The molecule has 1 saturated heterocycles. The largest absolute Gasteiger partial charge is 0.372 e. The summed E-state index contributed by atoms with van der Waals surface area (Å²) in [5, 5.41) is 8.95.